The Kier molecular flexibility index (Phi) is 5.55. The maximum absolute atomic E-state index is 5.15. The first-order chi connectivity index (χ1) is 14.0. The molecule has 29 heavy (non-hydrogen) atoms. The maximum Gasteiger partial charge on any atom is 0.118 e. The first kappa shape index (κ1) is 19.8. The van der Waals surface area contributed by atoms with Crippen molar-refractivity contribution in [2.45, 2.75) is 46.5 Å². The lowest BCUT2D eigenvalue weighted by Gasteiger charge is -2.23. The Balaban J connectivity index is 1.45. The van der Waals surface area contributed by atoms with Gasteiger partial charge in [0, 0.05) is 16.5 Å². The van der Waals surface area contributed by atoms with Crippen molar-refractivity contribution in [3.05, 3.63) is 75.2 Å². The van der Waals surface area contributed by atoms with Crippen molar-refractivity contribution in [2.75, 3.05) is 7.11 Å². The van der Waals surface area contributed by atoms with Gasteiger partial charge in [-0.2, -0.15) is 0 Å². The van der Waals surface area contributed by atoms with E-state index in [2.05, 4.69) is 78.8 Å². The van der Waals surface area contributed by atoms with Crippen LogP contribution < -0.4 is 0 Å². The first-order valence-electron chi connectivity index (χ1n) is 10.2. The van der Waals surface area contributed by atoms with Gasteiger partial charge in [-0.1, -0.05) is 55.4 Å². The van der Waals surface area contributed by atoms with Crippen molar-refractivity contribution in [1.82, 2.24) is 4.98 Å². The van der Waals surface area contributed by atoms with Gasteiger partial charge < -0.3 is 4.84 Å². The van der Waals surface area contributed by atoms with Crippen LogP contribution in [0.5, 0.6) is 0 Å². The fourth-order valence-electron chi connectivity index (χ4n) is 4.28. The van der Waals surface area contributed by atoms with Gasteiger partial charge in [-0.05, 0) is 60.8 Å². The van der Waals surface area contributed by atoms with Crippen LogP contribution in [-0.4, -0.2) is 17.8 Å². The summed E-state index contributed by atoms with van der Waals surface area (Å²) in [6, 6.07) is 15.2. The molecule has 0 saturated carbocycles. The van der Waals surface area contributed by atoms with Gasteiger partial charge in [0.1, 0.15) is 12.8 Å². The standard InChI is InChI=1S/C25H28N2OS/c1-17-26-19(16-29-17)15-25(2,3)13-7-8-18-11-12-21-20-9-5-6-10-22(20)24(27-28-4)23(21)14-18/h5-6,9-12,14,16H,7-8,13,15H2,1-4H3/b27-24-. The molecule has 4 rings (SSSR count). The molecule has 3 aromatic rings. The average Bonchev–Trinajstić information content (AvgIpc) is 3.23. The zero-order chi connectivity index (χ0) is 20.4. The van der Waals surface area contributed by atoms with E-state index < -0.39 is 0 Å². The third-order valence-electron chi connectivity index (χ3n) is 5.64. The Morgan fingerprint density at radius 1 is 1.03 bits per heavy atom. The molecule has 1 heterocycles. The lowest BCUT2D eigenvalue weighted by Crippen LogP contribution is -2.15. The van der Waals surface area contributed by atoms with Gasteiger partial charge in [0.15, 0.2) is 0 Å². The molecule has 0 aliphatic heterocycles. The van der Waals surface area contributed by atoms with Gasteiger partial charge in [-0.15, -0.1) is 11.3 Å². The molecular formula is C25H28N2OS. The van der Waals surface area contributed by atoms with Crippen LogP contribution in [-0.2, 0) is 17.7 Å². The second-order valence-electron chi connectivity index (χ2n) is 8.60. The fraction of sp³-hybridized carbons (Fsp3) is 0.360. The molecule has 0 bridgehead atoms. The number of benzene rings is 2. The van der Waals surface area contributed by atoms with E-state index >= 15 is 0 Å². The monoisotopic (exact) mass is 404 g/mol. The molecule has 0 atom stereocenters. The van der Waals surface area contributed by atoms with Crippen molar-refractivity contribution in [2.24, 2.45) is 10.6 Å². The molecule has 0 saturated heterocycles. The second kappa shape index (κ2) is 8.11. The molecule has 150 valence electrons. The zero-order valence-corrected chi connectivity index (χ0v) is 18.5. The second-order valence-corrected chi connectivity index (χ2v) is 9.66. The minimum Gasteiger partial charge on any atom is -0.399 e. The molecule has 1 aromatic heterocycles. The van der Waals surface area contributed by atoms with Crippen LogP contribution in [0, 0.1) is 12.3 Å². The van der Waals surface area contributed by atoms with E-state index in [0.29, 0.717) is 0 Å². The summed E-state index contributed by atoms with van der Waals surface area (Å²) in [7, 11) is 1.61. The molecule has 0 unspecified atom stereocenters. The first-order valence-corrected chi connectivity index (χ1v) is 11.1. The molecular weight excluding hydrogens is 376 g/mol. The van der Waals surface area contributed by atoms with Crippen LogP contribution in [0.3, 0.4) is 0 Å². The largest absolute Gasteiger partial charge is 0.399 e. The van der Waals surface area contributed by atoms with Crippen molar-refractivity contribution in [1.29, 1.82) is 0 Å². The Morgan fingerprint density at radius 3 is 2.52 bits per heavy atom. The molecule has 2 aromatic carbocycles. The van der Waals surface area contributed by atoms with Gasteiger partial charge >= 0.3 is 0 Å². The summed E-state index contributed by atoms with van der Waals surface area (Å²) in [5.41, 5.74) is 8.62. The van der Waals surface area contributed by atoms with Crippen LogP contribution in [0.25, 0.3) is 11.1 Å². The molecule has 3 nitrogen and oxygen atoms in total. The molecule has 4 heteroatoms. The number of nitrogens with zero attached hydrogens (tertiary/aromatic N) is 2. The van der Waals surface area contributed by atoms with E-state index in [9.17, 15) is 0 Å². The maximum atomic E-state index is 5.15. The summed E-state index contributed by atoms with van der Waals surface area (Å²) < 4.78 is 0. The molecule has 1 aliphatic rings. The van der Waals surface area contributed by atoms with Crippen LogP contribution >= 0.6 is 11.3 Å². The predicted molar refractivity (Wildman–Crippen MR) is 122 cm³/mol. The number of hydrogen-bond acceptors (Lipinski definition) is 4. The Labute approximate surface area is 177 Å². The van der Waals surface area contributed by atoms with Crippen LogP contribution in [0.2, 0.25) is 0 Å². The topological polar surface area (TPSA) is 34.5 Å². The van der Waals surface area contributed by atoms with Crippen LogP contribution in [0.1, 0.15) is 54.1 Å². The number of rotatable bonds is 7. The zero-order valence-electron chi connectivity index (χ0n) is 17.7. The van der Waals surface area contributed by atoms with Gasteiger partial charge in [-0.25, -0.2) is 4.98 Å². The Hall–Kier alpha value is -2.46. The number of fused-ring (bicyclic) bond motifs is 3. The Bertz CT molecular complexity index is 1050. The quantitative estimate of drug-likeness (QED) is 0.333. The molecule has 0 N–H and O–H groups in total. The van der Waals surface area contributed by atoms with E-state index in [1.165, 1.54) is 40.8 Å². The highest BCUT2D eigenvalue weighted by atomic mass is 32.1. The summed E-state index contributed by atoms with van der Waals surface area (Å²) in [5, 5.41) is 7.68. The lowest BCUT2D eigenvalue weighted by molar-refractivity contribution is 0.214. The number of hydrogen-bond donors (Lipinski definition) is 0. The van der Waals surface area contributed by atoms with E-state index in [-0.39, 0.29) is 5.41 Å². The third-order valence-corrected chi connectivity index (χ3v) is 6.46. The number of aromatic nitrogens is 1. The third kappa shape index (κ3) is 4.27. The summed E-state index contributed by atoms with van der Waals surface area (Å²) in [6.07, 6.45) is 4.46. The van der Waals surface area contributed by atoms with E-state index in [0.717, 1.165) is 29.1 Å². The number of thiazole rings is 1. The highest BCUT2D eigenvalue weighted by Crippen LogP contribution is 2.38. The highest BCUT2D eigenvalue weighted by Gasteiger charge is 2.25. The predicted octanol–water partition coefficient (Wildman–Crippen LogP) is 6.42. The molecule has 0 radical (unpaired) electrons. The lowest BCUT2D eigenvalue weighted by atomic mass is 9.82. The smallest absolute Gasteiger partial charge is 0.118 e. The number of oxime groups is 1. The molecule has 0 spiro atoms. The molecule has 0 fully saturated rings. The minimum atomic E-state index is 0.260. The van der Waals surface area contributed by atoms with Crippen molar-refractivity contribution in [3.63, 3.8) is 0 Å². The van der Waals surface area contributed by atoms with Crippen molar-refractivity contribution < 1.29 is 4.84 Å². The number of aryl methyl sites for hydroxylation is 2. The SMILES string of the molecule is CO/N=C1/c2ccccc2-c2ccc(CCCC(C)(C)Cc3csc(C)n3)cc21. The van der Waals surface area contributed by atoms with Crippen molar-refractivity contribution in [3.8, 4) is 11.1 Å². The minimum absolute atomic E-state index is 0.260. The summed E-state index contributed by atoms with van der Waals surface area (Å²) >= 11 is 1.74. The van der Waals surface area contributed by atoms with Gasteiger partial charge in [0.05, 0.1) is 10.7 Å². The summed E-state index contributed by atoms with van der Waals surface area (Å²) in [4.78, 5) is 9.79. The van der Waals surface area contributed by atoms with Crippen molar-refractivity contribution >= 4 is 17.0 Å². The van der Waals surface area contributed by atoms with Gasteiger partial charge in [-0.3, -0.25) is 0 Å². The Morgan fingerprint density at radius 2 is 1.79 bits per heavy atom. The molecule has 0 amide bonds. The van der Waals surface area contributed by atoms with E-state index in [1.54, 1.807) is 18.4 Å². The van der Waals surface area contributed by atoms with Crippen LogP contribution in [0.4, 0.5) is 0 Å². The fourth-order valence-corrected chi connectivity index (χ4v) is 4.89. The normalized spacial score (nSPS) is 14.1. The van der Waals surface area contributed by atoms with E-state index in [4.69, 9.17) is 4.84 Å². The average molecular weight is 405 g/mol. The highest BCUT2D eigenvalue weighted by molar-refractivity contribution is 7.09. The van der Waals surface area contributed by atoms with Gasteiger partial charge in [0.25, 0.3) is 0 Å². The van der Waals surface area contributed by atoms with E-state index in [1.807, 2.05) is 0 Å². The van der Waals surface area contributed by atoms with Gasteiger partial charge in [0.2, 0.25) is 0 Å². The summed E-state index contributed by atoms with van der Waals surface area (Å²) in [5.74, 6) is 0. The van der Waals surface area contributed by atoms with Crippen LogP contribution in [0.15, 0.2) is 53.0 Å². The summed E-state index contributed by atoms with van der Waals surface area (Å²) in [6.45, 7) is 6.78. The molecule has 1 aliphatic carbocycles.